The fourth-order valence-electron chi connectivity index (χ4n) is 6.25. The summed E-state index contributed by atoms with van der Waals surface area (Å²) in [5.74, 6) is -4.12. The molecule has 0 bridgehead atoms. The number of hydrogen-bond donors (Lipinski definition) is 1. The Bertz CT molecular complexity index is 1610. The van der Waals surface area contributed by atoms with Gasteiger partial charge in [-0.05, 0) is 37.3 Å². The standard InChI is InChI=1S/C30H33F2N5O3S/c1-2-37-16-21(15-34-37)23-14-30(31,32)9-8-22(23)27(38)35-12-10-29(40,11-13-35)18-36-19-33-25-24(28(36)39)17-41-26(25)20-6-4-3-5-7-20/h3-7,15-17,19,22-23,40H,2,8-14,18H2,1H3/t22-,23+/m0/s1. The van der Waals surface area contributed by atoms with Gasteiger partial charge in [-0.1, -0.05) is 30.3 Å². The van der Waals surface area contributed by atoms with Crippen LogP contribution in [0, 0.1) is 5.92 Å². The van der Waals surface area contributed by atoms with Crippen molar-refractivity contribution >= 4 is 28.1 Å². The monoisotopic (exact) mass is 581 g/mol. The van der Waals surface area contributed by atoms with Crippen LogP contribution in [0.2, 0.25) is 0 Å². The summed E-state index contributed by atoms with van der Waals surface area (Å²) in [6.45, 7) is 3.21. The maximum absolute atomic E-state index is 14.4. The number of likely N-dealkylation sites (tertiary alicyclic amines) is 1. The minimum absolute atomic E-state index is 0.0712. The molecule has 2 fully saturated rings. The number of aromatic nitrogens is 4. The van der Waals surface area contributed by atoms with Crippen LogP contribution < -0.4 is 5.56 Å². The van der Waals surface area contributed by atoms with Crippen molar-refractivity contribution in [2.75, 3.05) is 13.1 Å². The van der Waals surface area contributed by atoms with E-state index in [1.165, 1.54) is 22.2 Å². The molecule has 4 aromatic rings. The molecule has 1 aliphatic heterocycles. The number of aliphatic hydroxyl groups is 1. The Kier molecular flexibility index (Phi) is 7.27. The third-order valence-electron chi connectivity index (χ3n) is 8.64. The van der Waals surface area contributed by atoms with Crippen molar-refractivity contribution in [3.8, 4) is 10.4 Å². The van der Waals surface area contributed by atoms with E-state index < -0.39 is 23.4 Å². The zero-order chi connectivity index (χ0) is 28.8. The minimum atomic E-state index is -2.81. The molecule has 1 N–H and O–H groups in total. The van der Waals surface area contributed by atoms with E-state index in [4.69, 9.17) is 0 Å². The molecule has 11 heteroatoms. The molecule has 2 aliphatic rings. The largest absolute Gasteiger partial charge is 0.388 e. The molecular weight excluding hydrogens is 548 g/mol. The van der Waals surface area contributed by atoms with E-state index in [1.54, 1.807) is 22.0 Å². The minimum Gasteiger partial charge on any atom is -0.388 e. The van der Waals surface area contributed by atoms with Crippen molar-refractivity contribution in [1.29, 1.82) is 0 Å². The highest BCUT2D eigenvalue weighted by atomic mass is 32.1. The molecule has 0 unspecified atom stereocenters. The molecule has 0 spiro atoms. The lowest BCUT2D eigenvalue weighted by Crippen LogP contribution is -2.52. The van der Waals surface area contributed by atoms with E-state index >= 15 is 0 Å². The molecule has 1 saturated heterocycles. The van der Waals surface area contributed by atoms with E-state index in [-0.39, 0.29) is 50.1 Å². The SMILES string of the molecule is CCn1cc([C@H]2CC(F)(F)CC[C@@H]2C(=O)N2CCC(O)(Cn3cnc4c(-c5ccccc5)scc4c3=O)CC2)cn1. The number of amides is 1. The van der Waals surface area contributed by atoms with Gasteiger partial charge in [0.15, 0.2) is 0 Å². The number of halogens is 2. The number of hydrogen-bond acceptors (Lipinski definition) is 6. The fourth-order valence-corrected chi connectivity index (χ4v) is 7.24. The average Bonchev–Trinajstić information content (AvgIpc) is 3.63. The number of nitrogens with zero attached hydrogens (tertiary/aromatic N) is 5. The van der Waals surface area contributed by atoms with Crippen molar-refractivity contribution in [1.82, 2.24) is 24.2 Å². The lowest BCUT2D eigenvalue weighted by molar-refractivity contribution is -0.145. The fraction of sp³-hybridized carbons (Fsp3) is 0.467. The van der Waals surface area contributed by atoms with Crippen molar-refractivity contribution < 1.29 is 18.7 Å². The number of rotatable bonds is 6. The summed E-state index contributed by atoms with van der Waals surface area (Å²) in [7, 11) is 0. The number of alkyl halides is 2. The Hall–Kier alpha value is -3.44. The smallest absolute Gasteiger partial charge is 0.262 e. The molecular formula is C30H33F2N5O3S. The first kappa shape index (κ1) is 27.7. The summed E-state index contributed by atoms with van der Waals surface area (Å²) >= 11 is 1.47. The molecule has 3 aromatic heterocycles. The quantitative estimate of drug-likeness (QED) is 0.349. The van der Waals surface area contributed by atoms with Gasteiger partial charge in [0.1, 0.15) is 0 Å². The van der Waals surface area contributed by atoms with Gasteiger partial charge < -0.3 is 10.0 Å². The highest BCUT2D eigenvalue weighted by Gasteiger charge is 2.47. The molecule has 1 saturated carbocycles. The number of carbonyl (C=O) groups excluding carboxylic acids is 1. The van der Waals surface area contributed by atoms with Crippen LogP contribution in [0.5, 0.6) is 0 Å². The van der Waals surface area contributed by atoms with Crippen LogP contribution in [0.3, 0.4) is 0 Å². The first-order valence-corrected chi connectivity index (χ1v) is 15.0. The Balaban J connectivity index is 1.15. The van der Waals surface area contributed by atoms with Gasteiger partial charge in [0.25, 0.3) is 5.56 Å². The predicted molar refractivity (Wildman–Crippen MR) is 153 cm³/mol. The van der Waals surface area contributed by atoms with Crippen molar-refractivity contribution in [2.24, 2.45) is 5.92 Å². The maximum Gasteiger partial charge on any atom is 0.262 e. The molecule has 1 aliphatic carbocycles. The van der Waals surface area contributed by atoms with Crippen LogP contribution in [0.25, 0.3) is 21.3 Å². The van der Waals surface area contributed by atoms with Crippen LogP contribution in [0.4, 0.5) is 8.78 Å². The number of aryl methyl sites for hydroxylation is 1. The third-order valence-corrected chi connectivity index (χ3v) is 9.66. The lowest BCUT2D eigenvalue weighted by atomic mass is 9.73. The van der Waals surface area contributed by atoms with E-state index in [0.717, 1.165) is 10.4 Å². The number of thiophene rings is 1. The van der Waals surface area contributed by atoms with Crippen LogP contribution >= 0.6 is 11.3 Å². The number of carbonyl (C=O) groups is 1. The van der Waals surface area contributed by atoms with Crippen molar-refractivity contribution in [2.45, 2.75) is 69.6 Å². The molecule has 41 heavy (non-hydrogen) atoms. The molecule has 2 atom stereocenters. The van der Waals surface area contributed by atoms with Gasteiger partial charge in [-0.3, -0.25) is 18.8 Å². The molecule has 0 radical (unpaired) electrons. The van der Waals surface area contributed by atoms with Gasteiger partial charge in [0.05, 0.1) is 40.5 Å². The van der Waals surface area contributed by atoms with Crippen LogP contribution in [0.15, 0.2) is 59.2 Å². The topological polar surface area (TPSA) is 93.2 Å². The summed E-state index contributed by atoms with van der Waals surface area (Å²) in [5.41, 5.74) is 0.918. The zero-order valence-electron chi connectivity index (χ0n) is 22.9. The van der Waals surface area contributed by atoms with E-state index in [9.17, 15) is 23.5 Å². The van der Waals surface area contributed by atoms with E-state index in [2.05, 4.69) is 10.1 Å². The number of fused-ring (bicyclic) bond motifs is 1. The second-order valence-corrected chi connectivity index (χ2v) is 12.2. The summed E-state index contributed by atoms with van der Waals surface area (Å²) in [6, 6.07) is 9.79. The second-order valence-electron chi connectivity index (χ2n) is 11.4. The Labute approximate surface area is 240 Å². The molecule has 1 aromatic carbocycles. The number of benzene rings is 1. The average molecular weight is 582 g/mol. The first-order chi connectivity index (χ1) is 19.7. The first-order valence-electron chi connectivity index (χ1n) is 14.1. The molecule has 8 nitrogen and oxygen atoms in total. The summed E-state index contributed by atoms with van der Waals surface area (Å²) in [5, 5.41) is 18.0. The van der Waals surface area contributed by atoms with Crippen molar-refractivity contribution in [3.05, 3.63) is 70.4 Å². The van der Waals surface area contributed by atoms with Crippen molar-refractivity contribution in [3.63, 3.8) is 0 Å². The highest BCUT2D eigenvalue weighted by molar-refractivity contribution is 7.15. The maximum atomic E-state index is 14.4. The van der Waals surface area contributed by atoms with Crippen LogP contribution in [0.1, 0.15) is 50.5 Å². The van der Waals surface area contributed by atoms with E-state index in [0.29, 0.717) is 36.1 Å². The second kappa shape index (κ2) is 10.8. The Morgan fingerprint density at radius 1 is 1.17 bits per heavy atom. The Morgan fingerprint density at radius 3 is 2.63 bits per heavy atom. The molecule has 1 amide bonds. The van der Waals surface area contributed by atoms with Gasteiger partial charge in [0, 0.05) is 55.9 Å². The third kappa shape index (κ3) is 5.44. The summed E-state index contributed by atoms with van der Waals surface area (Å²) in [6.07, 6.45) is 4.84. The normalized spacial score (nSPS) is 22.2. The predicted octanol–water partition coefficient (Wildman–Crippen LogP) is 4.91. The molecule has 216 valence electrons. The van der Waals surface area contributed by atoms with Crippen LogP contribution in [-0.4, -0.2) is 59.9 Å². The summed E-state index contributed by atoms with van der Waals surface area (Å²) < 4.78 is 32.0. The lowest BCUT2D eigenvalue weighted by Gasteiger charge is -2.42. The van der Waals surface area contributed by atoms with Gasteiger partial charge in [-0.15, -0.1) is 11.3 Å². The van der Waals surface area contributed by atoms with Gasteiger partial charge >= 0.3 is 0 Å². The number of piperidine rings is 1. The molecule has 6 rings (SSSR count). The van der Waals surface area contributed by atoms with Gasteiger partial charge in [-0.25, -0.2) is 13.8 Å². The molecule has 4 heterocycles. The zero-order valence-corrected chi connectivity index (χ0v) is 23.7. The summed E-state index contributed by atoms with van der Waals surface area (Å²) in [4.78, 5) is 34.1. The Morgan fingerprint density at radius 2 is 1.93 bits per heavy atom. The van der Waals surface area contributed by atoms with E-state index in [1.807, 2.05) is 42.6 Å². The highest BCUT2D eigenvalue weighted by Crippen LogP contribution is 2.46. The van der Waals surface area contributed by atoms with Crippen LogP contribution in [-0.2, 0) is 17.9 Å². The van der Waals surface area contributed by atoms with Gasteiger partial charge in [-0.2, -0.15) is 5.10 Å². The van der Waals surface area contributed by atoms with Gasteiger partial charge in [0.2, 0.25) is 11.8 Å².